The second-order valence-electron chi connectivity index (χ2n) is 11.8. The molecule has 0 bridgehead atoms. The predicted molar refractivity (Wildman–Crippen MR) is 181 cm³/mol. The number of rotatable bonds is 15. The molecule has 0 saturated carbocycles. The molecule has 0 aromatic carbocycles. The summed E-state index contributed by atoms with van der Waals surface area (Å²) in [5, 5.41) is 0. The molecule has 0 spiro atoms. The molecule has 228 valence electrons. The van der Waals surface area contributed by atoms with E-state index in [1.165, 1.54) is 56.9 Å². The third-order valence-electron chi connectivity index (χ3n) is 8.11. The largest absolute Gasteiger partial charge is 0.491 e. The lowest BCUT2D eigenvalue weighted by molar-refractivity contribution is 0.158. The van der Waals surface area contributed by atoms with E-state index in [0.717, 1.165) is 56.9 Å². The Hall–Kier alpha value is -4.32. The normalized spacial score (nSPS) is 14.5. The molecular weight excluding hydrogens is 542 g/mol. The van der Waals surface area contributed by atoms with Crippen LogP contribution < -0.4 is 0 Å². The molecule has 1 N–H and O–H groups in total. The van der Waals surface area contributed by atoms with Crippen molar-refractivity contribution >= 4 is 11.8 Å². The molecule has 4 aromatic heterocycles. The molecular formula is C38H45N5O. The summed E-state index contributed by atoms with van der Waals surface area (Å²) in [4.78, 5) is 22.7. The van der Waals surface area contributed by atoms with E-state index in [4.69, 9.17) is 14.7 Å². The van der Waals surface area contributed by atoms with Crippen LogP contribution in [0, 0.1) is 19.8 Å². The Morgan fingerprint density at radius 3 is 2.07 bits per heavy atom. The van der Waals surface area contributed by atoms with E-state index in [0.29, 0.717) is 12.5 Å². The summed E-state index contributed by atoms with van der Waals surface area (Å²) in [7, 11) is 0. The maximum Gasteiger partial charge on any atom is 0.147 e. The lowest BCUT2D eigenvalue weighted by Gasteiger charge is -2.18. The van der Waals surface area contributed by atoms with Gasteiger partial charge in [0.15, 0.2) is 0 Å². The van der Waals surface area contributed by atoms with Gasteiger partial charge in [-0.2, -0.15) is 0 Å². The second-order valence-corrected chi connectivity index (χ2v) is 11.8. The third kappa shape index (κ3) is 8.19. The predicted octanol–water partition coefficient (Wildman–Crippen LogP) is 9.67. The van der Waals surface area contributed by atoms with Gasteiger partial charge in [-0.15, -0.1) is 0 Å². The lowest BCUT2D eigenvalue weighted by Crippen LogP contribution is -2.10. The highest BCUT2D eigenvalue weighted by molar-refractivity contribution is 6.13. The molecule has 1 aliphatic rings. The van der Waals surface area contributed by atoms with Gasteiger partial charge in [0.1, 0.15) is 11.5 Å². The topological polar surface area (TPSA) is 76.1 Å². The highest BCUT2D eigenvalue weighted by Crippen LogP contribution is 2.31. The summed E-state index contributed by atoms with van der Waals surface area (Å²) >= 11 is 0. The van der Waals surface area contributed by atoms with Gasteiger partial charge in [-0.1, -0.05) is 64.5 Å². The van der Waals surface area contributed by atoms with Gasteiger partial charge >= 0.3 is 0 Å². The van der Waals surface area contributed by atoms with Crippen LogP contribution >= 0.6 is 0 Å². The van der Waals surface area contributed by atoms with Gasteiger partial charge in [-0.25, -0.2) is 9.98 Å². The number of aliphatic imine (C=N–C) groups is 1. The Morgan fingerprint density at radius 2 is 1.48 bits per heavy atom. The number of aromatic amines is 1. The Balaban J connectivity index is 1.50. The van der Waals surface area contributed by atoms with Crippen LogP contribution in [0.5, 0.6) is 0 Å². The molecule has 1 atom stereocenters. The number of hydrogen-bond acceptors (Lipinski definition) is 5. The van der Waals surface area contributed by atoms with E-state index in [9.17, 15) is 0 Å². The van der Waals surface area contributed by atoms with Gasteiger partial charge in [0.05, 0.1) is 35.1 Å². The summed E-state index contributed by atoms with van der Waals surface area (Å²) in [6.45, 7) is 9.44. The molecule has 0 aliphatic carbocycles. The van der Waals surface area contributed by atoms with Crippen LogP contribution in [0.25, 0.3) is 28.9 Å². The highest BCUT2D eigenvalue weighted by Gasteiger charge is 2.22. The van der Waals surface area contributed by atoms with E-state index >= 15 is 0 Å². The summed E-state index contributed by atoms with van der Waals surface area (Å²) in [6.07, 6.45) is 17.8. The molecule has 44 heavy (non-hydrogen) atoms. The number of pyridine rings is 3. The average Bonchev–Trinajstić information content (AvgIpc) is 3.61. The van der Waals surface area contributed by atoms with Crippen molar-refractivity contribution in [1.82, 2.24) is 19.9 Å². The molecule has 6 nitrogen and oxygen atoms in total. The number of unbranched alkanes of at least 4 members (excludes halogenated alkanes) is 4. The fourth-order valence-electron chi connectivity index (χ4n) is 5.66. The number of hydrogen-bond donors (Lipinski definition) is 1. The van der Waals surface area contributed by atoms with E-state index < -0.39 is 0 Å². The molecule has 5 heterocycles. The van der Waals surface area contributed by atoms with Crippen molar-refractivity contribution in [3.05, 3.63) is 107 Å². The lowest BCUT2D eigenvalue weighted by atomic mass is 9.96. The van der Waals surface area contributed by atoms with E-state index in [1.54, 1.807) is 12.4 Å². The van der Waals surface area contributed by atoms with Gasteiger partial charge in [0.25, 0.3) is 0 Å². The summed E-state index contributed by atoms with van der Waals surface area (Å²) in [5.41, 5.74) is 9.17. The summed E-state index contributed by atoms with van der Waals surface area (Å²) in [6, 6.07) is 18.0. The van der Waals surface area contributed by atoms with Crippen molar-refractivity contribution in [1.29, 1.82) is 0 Å². The molecule has 1 unspecified atom stereocenters. The standard InChI is InChI=1S/C38H45N5O/c1-5-7-9-10-16-29(15-8-6-2)26-44-38-25-34(42-37(38)24-33-27(3)21-28(4)41-33)30-22-35(31-17-11-13-19-39-31)43-36(23-30)32-18-12-14-20-40-32/h11-14,17-25,29,41H,5-10,15-16,26H2,1-4H3/b37-24+. The first kappa shape index (κ1) is 31.1. The fourth-order valence-corrected chi connectivity index (χ4v) is 5.66. The first-order valence-electron chi connectivity index (χ1n) is 16.2. The summed E-state index contributed by atoms with van der Waals surface area (Å²) in [5.74, 6) is 1.36. The first-order chi connectivity index (χ1) is 21.5. The molecule has 6 heteroatoms. The van der Waals surface area contributed by atoms with Crippen molar-refractivity contribution in [3.63, 3.8) is 0 Å². The maximum atomic E-state index is 6.66. The van der Waals surface area contributed by atoms with Gasteiger partial charge in [0.2, 0.25) is 0 Å². The zero-order chi connectivity index (χ0) is 30.7. The van der Waals surface area contributed by atoms with Crippen molar-refractivity contribution in [2.75, 3.05) is 6.61 Å². The van der Waals surface area contributed by atoms with Crippen LogP contribution in [0.15, 0.2) is 89.5 Å². The number of allylic oxidation sites excluding steroid dienone is 1. The number of ether oxygens (including phenoxy) is 1. The van der Waals surface area contributed by atoms with Crippen LogP contribution in [0.3, 0.4) is 0 Å². The van der Waals surface area contributed by atoms with Gasteiger partial charge in [-0.3, -0.25) is 9.97 Å². The maximum absolute atomic E-state index is 6.66. The SMILES string of the molecule is CCCCCCC(CCCC)COC1=CC(c2cc(-c3ccccn3)nc(-c3ccccn3)c2)=N/C1=C/c1[nH]c(C)cc1C. The highest BCUT2D eigenvalue weighted by atomic mass is 16.5. The van der Waals surface area contributed by atoms with E-state index in [2.05, 4.69) is 73.0 Å². The zero-order valence-electron chi connectivity index (χ0n) is 26.6. The third-order valence-corrected chi connectivity index (χ3v) is 8.11. The smallest absolute Gasteiger partial charge is 0.147 e. The van der Waals surface area contributed by atoms with E-state index in [-0.39, 0.29) is 0 Å². The van der Waals surface area contributed by atoms with Crippen LogP contribution in [-0.2, 0) is 4.74 Å². The number of nitrogens with one attached hydrogen (secondary N) is 1. The van der Waals surface area contributed by atoms with Crippen molar-refractivity contribution in [3.8, 4) is 22.8 Å². The number of aryl methyl sites for hydroxylation is 2. The van der Waals surface area contributed by atoms with Gasteiger partial charge in [-0.05, 0) is 86.7 Å². The van der Waals surface area contributed by atoms with Crippen molar-refractivity contribution in [2.45, 2.75) is 79.1 Å². The average molecular weight is 588 g/mol. The quantitative estimate of drug-likeness (QED) is 0.141. The van der Waals surface area contributed by atoms with Crippen LogP contribution in [0.1, 0.15) is 87.7 Å². The summed E-state index contributed by atoms with van der Waals surface area (Å²) < 4.78 is 6.66. The Kier molecular flexibility index (Phi) is 10.9. The number of nitrogens with zero attached hydrogens (tertiary/aromatic N) is 4. The van der Waals surface area contributed by atoms with Crippen molar-refractivity contribution in [2.24, 2.45) is 10.9 Å². The Morgan fingerprint density at radius 1 is 0.795 bits per heavy atom. The second kappa shape index (κ2) is 15.4. The number of aromatic nitrogens is 4. The van der Waals surface area contributed by atoms with Crippen LogP contribution in [0.4, 0.5) is 0 Å². The van der Waals surface area contributed by atoms with Crippen molar-refractivity contribution < 1.29 is 4.74 Å². The molecule has 4 aromatic rings. The van der Waals surface area contributed by atoms with Crippen LogP contribution in [-0.4, -0.2) is 32.3 Å². The molecule has 5 rings (SSSR count). The van der Waals surface area contributed by atoms with E-state index in [1.807, 2.05) is 36.4 Å². The molecule has 0 amide bonds. The van der Waals surface area contributed by atoms with Crippen LogP contribution in [0.2, 0.25) is 0 Å². The van der Waals surface area contributed by atoms with Gasteiger partial charge in [0, 0.05) is 35.4 Å². The molecule has 0 fully saturated rings. The minimum Gasteiger partial charge on any atom is -0.491 e. The number of H-pyrrole nitrogens is 1. The Bertz CT molecular complexity index is 1540. The zero-order valence-corrected chi connectivity index (χ0v) is 26.6. The molecule has 0 saturated heterocycles. The first-order valence-corrected chi connectivity index (χ1v) is 16.2. The molecule has 1 aliphatic heterocycles. The van der Waals surface area contributed by atoms with Gasteiger partial charge < -0.3 is 9.72 Å². The molecule has 0 radical (unpaired) electrons. The minimum atomic E-state index is 0.542. The minimum absolute atomic E-state index is 0.542. The Labute approximate surface area is 262 Å². The fraction of sp³-hybridized carbons (Fsp3) is 0.368. The monoisotopic (exact) mass is 587 g/mol.